The maximum absolute atomic E-state index is 3.23. The number of nitrogens with zero attached hydrogens (tertiary/aromatic N) is 1. The Morgan fingerprint density at radius 2 is 2.21 bits per heavy atom. The molecule has 1 fully saturated rings. The summed E-state index contributed by atoms with van der Waals surface area (Å²) in [5.74, 6) is 0. The normalized spacial score (nSPS) is 17.8. The molecule has 0 spiro atoms. The number of thiophene rings is 1. The number of likely N-dealkylation sites (tertiary alicyclic amines) is 1. The summed E-state index contributed by atoms with van der Waals surface area (Å²) in [5.41, 5.74) is 1.52. The Morgan fingerprint density at radius 1 is 1.43 bits per heavy atom. The lowest BCUT2D eigenvalue weighted by molar-refractivity contribution is 0.331. The minimum Gasteiger partial charge on any atom is -0.315 e. The highest BCUT2D eigenvalue weighted by Crippen LogP contribution is 2.20. The van der Waals surface area contributed by atoms with E-state index < -0.39 is 0 Å². The molecule has 1 aromatic rings. The Balaban J connectivity index is 1.96. The summed E-state index contributed by atoms with van der Waals surface area (Å²) in [5, 5.41) is 5.43. The van der Waals surface area contributed by atoms with Gasteiger partial charge in [0.15, 0.2) is 0 Å². The zero-order valence-electron chi connectivity index (χ0n) is 8.75. The summed E-state index contributed by atoms with van der Waals surface area (Å²) in [7, 11) is 2.01. The first-order valence-electron chi connectivity index (χ1n) is 5.32. The van der Waals surface area contributed by atoms with Crippen LogP contribution in [0.2, 0.25) is 0 Å². The van der Waals surface area contributed by atoms with Gasteiger partial charge in [0.05, 0.1) is 0 Å². The Labute approximate surface area is 89.9 Å². The van der Waals surface area contributed by atoms with Crippen LogP contribution >= 0.6 is 11.3 Å². The molecule has 2 nitrogen and oxygen atoms in total. The second-order valence-corrected chi connectivity index (χ2v) is 4.88. The van der Waals surface area contributed by atoms with Crippen molar-refractivity contribution in [3.63, 3.8) is 0 Å². The first kappa shape index (κ1) is 10.1. The average Bonchev–Trinajstić information content (AvgIpc) is 2.80. The Kier molecular flexibility index (Phi) is 3.56. The average molecular weight is 210 g/mol. The van der Waals surface area contributed by atoms with E-state index in [-0.39, 0.29) is 0 Å². The first-order valence-corrected chi connectivity index (χ1v) is 6.20. The van der Waals surface area contributed by atoms with Crippen LogP contribution in [0.25, 0.3) is 0 Å². The van der Waals surface area contributed by atoms with Gasteiger partial charge in [-0.3, -0.25) is 4.90 Å². The molecule has 0 atom stereocenters. The maximum Gasteiger partial charge on any atom is 0.0299 e. The van der Waals surface area contributed by atoms with Crippen molar-refractivity contribution in [3.8, 4) is 0 Å². The molecule has 1 saturated heterocycles. The molecular formula is C11H18N2S. The van der Waals surface area contributed by atoms with Gasteiger partial charge in [-0.05, 0) is 50.0 Å². The van der Waals surface area contributed by atoms with Crippen LogP contribution in [0.1, 0.15) is 23.3 Å². The molecule has 1 aliphatic rings. The maximum atomic E-state index is 3.23. The lowest BCUT2D eigenvalue weighted by Crippen LogP contribution is -2.19. The summed E-state index contributed by atoms with van der Waals surface area (Å²) in [6.45, 7) is 4.74. The smallest absolute Gasteiger partial charge is 0.0299 e. The summed E-state index contributed by atoms with van der Waals surface area (Å²) in [6, 6.07) is 2.27. The second-order valence-electron chi connectivity index (χ2n) is 3.88. The van der Waals surface area contributed by atoms with Crippen LogP contribution in [0.15, 0.2) is 11.4 Å². The third-order valence-electron chi connectivity index (χ3n) is 2.77. The molecule has 0 amide bonds. The van der Waals surface area contributed by atoms with Crippen LogP contribution < -0.4 is 5.32 Å². The van der Waals surface area contributed by atoms with Crippen LogP contribution in [0.4, 0.5) is 0 Å². The zero-order chi connectivity index (χ0) is 9.80. The van der Waals surface area contributed by atoms with Crippen molar-refractivity contribution >= 4 is 11.3 Å². The third-order valence-corrected chi connectivity index (χ3v) is 3.73. The summed E-state index contributed by atoms with van der Waals surface area (Å²) in [6.07, 6.45) is 2.76. The van der Waals surface area contributed by atoms with E-state index in [1.165, 1.54) is 36.4 Å². The lowest BCUT2D eigenvalue weighted by atomic mass is 10.2. The van der Waals surface area contributed by atoms with E-state index in [4.69, 9.17) is 0 Å². The molecule has 0 unspecified atom stereocenters. The molecule has 0 bridgehead atoms. The van der Waals surface area contributed by atoms with E-state index in [9.17, 15) is 0 Å². The standard InChI is InChI=1S/C11H18N2S/c1-12-8-11-10(4-7-14-11)9-13-5-2-3-6-13/h4,7,12H,2-3,5-6,8-9H2,1H3. The number of rotatable bonds is 4. The molecular weight excluding hydrogens is 192 g/mol. The van der Waals surface area contributed by atoms with Gasteiger partial charge in [0.25, 0.3) is 0 Å². The van der Waals surface area contributed by atoms with Crippen molar-refractivity contribution in [1.82, 2.24) is 10.2 Å². The number of nitrogens with one attached hydrogen (secondary N) is 1. The third kappa shape index (κ3) is 2.35. The van der Waals surface area contributed by atoms with Gasteiger partial charge in [0.1, 0.15) is 0 Å². The Hall–Kier alpha value is -0.380. The van der Waals surface area contributed by atoms with Gasteiger partial charge >= 0.3 is 0 Å². The molecule has 14 heavy (non-hydrogen) atoms. The molecule has 0 aromatic carbocycles. The van der Waals surface area contributed by atoms with E-state index in [1.807, 2.05) is 18.4 Å². The van der Waals surface area contributed by atoms with Gasteiger partial charge in [0, 0.05) is 18.0 Å². The van der Waals surface area contributed by atoms with E-state index >= 15 is 0 Å². The minimum atomic E-state index is 1.01. The fourth-order valence-electron chi connectivity index (χ4n) is 2.01. The molecule has 0 saturated carbocycles. The van der Waals surface area contributed by atoms with Crippen molar-refractivity contribution in [2.45, 2.75) is 25.9 Å². The van der Waals surface area contributed by atoms with E-state index in [0.717, 1.165) is 13.1 Å². The molecule has 0 radical (unpaired) electrons. The lowest BCUT2D eigenvalue weighted by Gasteiger charge is -2.14. The summed E-state index contributed by atoms with van der Waals surface area (Å²) < 4.78 is 0. The summed E-state index contributed by atoms with van der Waals surface area (Å²) >= 11 is 1.87. The van der Waals surface area contributed by atoms with Crippen LogP contribution in [0, 0.1) is 0 Å². The van der Waals surface area contributed by atoms with Gasteiger partial charge < -0.3 is 5.32 Å². The largest absolute Gasteiger partial charge is 0.315 e. The van der Waals surface area contributed by atoms with Crippen molar-refractivity contribution in [2.24, 2.45) is 0 Å². The quantitative estimate of drug-likeness (QED) is 0.818. The predicted octanol–water partition coefficient (Wildman–Crippen LogP) is 2.06. The van der Waals surface area contributed by atoms with Crippen molar-refractivity contribution in [1.29, 1.82) is 0 Å². The topological polar surface area (TPSA) is 15.3 Å². The Bertz CT molecular complexity index is 277. The van der Waals surface area contributed by atoms with E-state index in [2.05, 4.69) is 21.7 Å². The van der Waals surface area contributed by atoms with Crippen molar-refractivity contribution in [3.05, 3.63) is 21.9 Å². The van der Waals surface area contributed by atoms with Gasteiger partial charge in [0.2, 0.25) is 0 Å². The van der Waals surface area contributed by atoms with E-state index in [1.54, 1.807) is 0 Å². The fraction of sp³-hybridized carbons (Fsp3) is 0.636. The SMILES string of the molecule is CNCc1sccc1CN1CCCC1. The molecule has 1 aliphatic heterocycles. The van der Waals surface area contributed by atoms with Crippen molar-refractivity contribution < 1.29 is 0 Å². The highest BCUT2D eigenvalue weighted by molar-refractivity contribution is 7.10. The van der Waals surface area contributed by atoms with Crippen LogP contribution in [0.3, 0.4) is 0 Å². The molecule has 1 aromatic heterocycles. The number of hydrogen-bond acceptors (Lipinski definition) is 3. The first-order chi connectivity index (χ1) is 6.90. The highest BCUT2D eigenvalue weighted by Gasteiger charge is 2.13. The fourth-order valence-corrected chi connectivity index (χ4v) is 2.91. The molecule has 1 N–H and O–H groups in total. The van der Waals surface area contributed by atoms with Crippen LogP contribution in [-0.4, -0.2) is 25.0 Å². The van der Waals surface area contributed by atoms with Gasteiger partial charge in [-0.2, -0.15) is 0 Å². The molecule has 0 aliphatic carbocycles. The zero-order valence-corrected chi connectivity index (χ0v) is 9.57. The highest BCUT2D eigenvalue weighted by atomic mass is 32.1. The second kappa shape index (κ2) is 4.91. The van der Waals surface area contributed by atoms with Crippen LogP contribution in [0.5, 0.6) is 0 Å². The van der Waals surface area contributed by atoms with Crippen molar-refractivity contribution in [2.75, 3.05) is 20.1 Å². The molecule has 2 heterocycles. The monoisotopic (exact) mass is 210 g/mol. The Morgan fingerprint density at radius 3 is 2.93 bits per heavy atom. The predicted molar refractivity (Wildman–Crippen MR) is 61.6 cm³/mol. The molecule has 78 valence electrons. The minimum absolute atomic E-state index is 1.01. The van der Waals surface area contributed by atoms with E-state index in [0.29, 0.717) is 0 Å². The molecule has 3 heteroatoms. The van der Waals surface area contributed by atoms with Crippen LogP contribution in [-0.2, 0) is 13.1 Å². The number of hydrogen-bond donors (Lipinski definition) is 1. The molecule has 2 rings (SSSR count). The van der Waals surface area contributed by atoms with Gasteiger partial charge in [-0.15, -0.1) is 11.3 Å². The van der Waals surface area contributed by atoms with Gasteiger partial charge in [-0.25, -0.2) is 0 Å². The van der Waals surface area contributed by atoms with Gasteiger partial charge in [-0.1, -0.05) is 0 Å². The summed E-state index contributed by atoms with van der Waals surface area (Å²) in [4.78, 5) is 4.06.